The van der Waals surface area contributed by atoms with E-state index in [9.17, 15) is 0 Å². The van der Waals surface area contributed by atoms with Crippen molar-refractivity contribution in [3.05, 3.63) is 208 Å². The van der Waals surface area contributed by atoms with Crippen molar-refractivity contribution in [1.82, 2.24) is 16.0 Å². The standard InChI is InChI=1S/3C17H17Cl2N.ClH/c3*1-20-17-9-7-12(13-4-2-3-5-14(13)17)11-6-8-15(18)16(19)10-11;/h3*2-6,8,10,12,17,20H,7,9H2,1H3;1H/t3*12-,17-;/m000./s1. The van der Waals surface area contributed by atoms with Gasteiger partial charge in [0.15, 0.2) is 0 Å². The summed E-state index contributed by atoms with van der Waals surface area (Å²) in [4.78, 5) is 0. The van der Waals surface area contributed by atoms with E-state index < -0.39 is 0 Å². The number of hydrogen-bond donors (Lipinski definition) is 3. The van der Waals surface area contributed by atoms with E-state index in [4.69, 9.17) is 69.6 Å². The largest absolute Gasteiger partial charge is 0.313 e. The molecule has 61 heavy (non-hydrogen) atoms. The predicted molar refractivity (Wildman–Crippen MR) is 265 cm³/mol. The molecule has 3 N–H and O–H groups in total. The fraction of sp³-hybridized carbons (Fsp3) is 0.294. The lowest BCUT2D eigenvalue weighted by Crippen LogP contribution is -2.24. The smallest absolute Gasteiger partial charge is 0.0595 e. The van der Waals surface area contributed by atoms with Gasteiger partial charge in [0, 0.05) is 35.9 Å². The molecule has 9 rings (SSSR count). The van der Waals surface area contributed by atoms with Gasteiger partial charge in [0.25, 0.3) is 0 Å². The first-order chi connectivity index (χ1) is 29.1. The summed E-state index contributed by atoms with van der Waals surface area (Å²) in [5, 5.41) is 14.0. The van der Waals surface area contributed by atoms with Gasteiger partial charge in [-0.3, -0.25) is 0 Å². The summed E-state index contributed by atoms with van der Waals surface area (Å²) >= 11 is 36.6. The summed E-state index contributed by atoms with van der Waals surface area (Å²) in [6.07, 6.45) is 6.79. The van der Waals surface area contributed by atoms with Crippen LogP contribution in [-0.4, -0.2) is 21.1 Å². The lowest BCUT2D eigenvalue weighted by molar-refractivity contribution is 0.471. The van der Waals surface area contributed by atoms with E-state index in [1.807, 2.05) is 57.5 Å². The van der Waals surface area contributed by atoms with Crippen molar-refractivity contribution in [2.75, 3.05) is 21.1 Å². The topological polar surface area (TPSA) is 36.1 Å². The minimum Gasteiger partial charge on any atom is -0.313 e. The van der Waals surface area contributed by atoms with Crippen molar-refractivity contribution < 1.29 is 0 Å². The maximum atomic E-state index is 6.17. The number of halogens is 7. The van der Waals surface area contributed by atoms with E-state index in [1.54, 1.807) is 0 Å². The molecule has 3 aliphatic carbocycles. The second kappa shape index (κ2) is 22.2. The van der Waals surface area contributed by atoms with Gasteiger partial charge in [-0.05, 0) is 146 Å². The van der Waals surface area contributed by atoms with E-state index in [0.29, 0.717) is 66.0 Å². The van der Waals surface area contributed by atoms with Crippen molar-refractivity contribution in [2.24, 2.45) is 0 Å². The zero-order chi connectivity index (χ0) is 42.3. The number of rotatable bonds is 6. The molecule has 0 radical (unpaired) electrons. The van der Waals surface area contributed by atoms with Crippen LogP contribution in [0, 0.1) is 0 Å². The van der Waals surface area contributed by atoms with Crippen molar-refractivity contribution in [1.29, 1.82) is 0 Å². The highest BCUT2D eigenvalue weighted by Crippen LogP contribution is 2.45. The third-order valence-electron chi connectivity index (χ3n) is 12.6. The summed E-state index contributed by atoms with van der Waals surface area (Å²) in [5.74, 6) is 1.22. The molecule has 0 fully saturated rings. The molecule has 6 atom stereocenters. The molecular weight excluding hydrogens is 903 g/mol. The molecule has 0 heterocycles. The minimum absolute atomic E-state index is 0. The highest BCUT2D eigenvalue weighted by Gasteiger charge is 2.30. The van der Waals surface area contributed by atoms with E-state index >= 15 is 0 Å². The maximum absolute atomic E-state index is 6.17. The van der Waals surface area contributed by atoms with Crippen LogP contribution in [0.25, 0.3) is 0 Å². The van der Waals surface area contributed by atoms with Gasteiger partial charge in [-0.15, -0.1) is 12.4 Å². The van der Waals surface area contributed by atoms with Crippen molar-refractivity contribution >= 4 is 82.0 Å². The first-order valence-corrected chi connectivity index (χ1v) is 23.0. The van der Waals surface area contributed by atoms with Crippen LogP contribution in [0.5, 0.6) is 0 Å². The van der Waals surface area contributed by atoms with E-state index in [2.05, 4.69) is 107 Å². The molecule has 10 heteroatoms. The van der Waals surface area contributed by atoms with Crippen LogP contribution in [0.4, 0.5) is 0 Å². The number of fused-ring (bicyclic) bond motifs is 3. The fourth-order valence-electron chi connectivity index (χ4n) is 9.50. The normalized spacial score (nSPS) is 21.2. The van der Waals surface area contributed by atoms with E-state index in [1.165, 1.54) is 50.1 Å². The highest BCUT2D eigenvalue weighted by atomic mass is 35.5. The first-order valence-electron chi connectivity index (χ1n) is 20.7. The first kappa shape index (κ1) is 47.7. The Morgan fingerprint density at radius 3 is 0.803 bits per heavy atom. The molecule has 0 aromatic heterocycles. The average Bonchev–Trinajstić information content (AvgIpc) is 3.28. The van der Waals surface area contributed by atoms with Gasteiger partial charge in [-0.1, -0.05) is 161 Å². The van der Waals surface area contributed by atoms with Crippen LogP contribution >= 0.6 is 82.0 Å². The van der Waals surface area contributed by atoms with Gasteiger partial charge in [0.1, 0.15) is 0 Å². The molecule has 0 amide bonds. The van der Waals surface area contributed by atoms with Crippen LogP contribution in [0.2, 0.25) is 30.1 Å². The van der Waals surface area contributed by atoms with Crippen LogP contribution in [-0.2, 0) is 0 Å². The van der Waals surface area contributed by atoms with Crippen LogP contribution in [0.3, 0.4) is 0 Å². The second-order valence-corrected chi connectivity index (χ2v) is 18.3. The van der Waals surface area contributed by atoms with Crippen LogP contribution < -0.4 is 16.0 Å². The lowest BCUT2D eigenvalue weighted by Gasteiger charge is -2.32. The van der Waals surface area contributed by atoms with Gasteiger partial charge in [0.2, 0.25) is 0 Å². The SMILES string of the molecule is CN[C@H]1CC[C@@H](c2ccc(Cl)c(Cl)c2)c2ccccc21.CN[C@H]1CC[C@@H](c2ccc(Cl)c(Cl)c2)c2ccccc21.CN[C@H]1CC[C@@H](c2ccc(Cl)c(Cl)c2)c2ccccc21.Cl. The lowest BCUT2D eigenvalue weighted by atomic mass is 9.77. The molecule has 6 aromatic carbocycles. The summed E-state index contributed by atoms with van der Waals surface area (Å²) in [5.41, 5.74) is 12.2. The Labute approximate surface area is 398 Å². The second-order valence-electron chi connectivity index (χ2n) is 15.8. The van der Waals surface area contributed by atoms with E-state index in [0.717, 1.165) is 38.5 Å². The summed E-state index contributed by atoms with van der Waals surface area (Å²) in [6, 6.07) is 45.3. The average molecular weight is 955 g/mol. The van der Waals surface area contributed by atoms with Crippen LogP contribution in [0.15, 0.2) is 127 Å². The molecule has 0 unspecified atom stereocenters. The summed E-state index contributed by atoms with van der Waals surface area (Å²) in [7, 11) is 6.09. The summed E-state index contributed by atoms with van der Waals surface area (Å²) < 4.78 is 0. The zero-order valence-electron chi connectivity index (χ0n) is 34.5. The molecule has 3 aliphatic rings. The molecule has 0 saturated heterocycles. The van der Waals surface area contributed by atoms with Crippen molar-refractivity contribution in [3.8, 4) is 0 Å². The van der Waals surface area contributed by atoms with Gasteiger partial charge < -0.3 is 16.0 Å². The maximum Gasteiger partial charge on any atom is 0.0595 e. The molecule has 0 saturated carbocycles. The Balaban J connectivity index is 0.000000152. The number of benzene rings is 6. The molecule has 0 bridgehead atoms. The van der Waals surface area contributed by atoms with Gasteiger partial charge in [-0.2, -0.15) is 0 Å². The quantitative estimate of drug-likeness (QED) is 0.156. The Bertz CT molecular complexity index is 2140. The Kier molecular flexibility index (Phi) is 17.4. The minimum atomic E-state index is 0. The van der Waals surface area contributed by atoms with E-state index in [-0.39, 0.29) is 12.4 Å². The monoisotopic (exact) mass is 951 g/mol. The Hall–Kier alpha value is -2.77. The fourth-order valence-corrected chi connectivity index (χ4v) is 10.4. The molecule has 6 aromatic rings. The molecular formula is C51H52Cl7N3. The number of nitrogens with one attached hydrogen (secondary N) is 3. The Morgan fingerprint density at radius 2 is 0.574 bits per heavy atom. The number of hydrogen-bond acceptors (Lipinski definition) is 3. The van der Waals surface area contributed by atoms with Gasteiger partial charge in [0.05, 0.1) is 30.1 Å². The van der Waals surface area contributed by atoms with Crippen molar-refractivity contribution in [2.45, 2.75) is 74.4 Å². The van der Waals surface area contributed by atoms with Crippen LogP contribution in [0.1, 0.15) is 124 Å². The third kappa shape index (κ3) is 11.0. The van der Waals surface area contributed by atoms with Crippen molar-refractivity contribution in [3.63, 3.8) is 0 Å². The van der Waals surface area contributed by atoms with Gasteiger partial charge in [-0.25, -0.2) is 0 Å². The molecule has 0 aliphatic heterocycles. The zero-order valence-corrected chi connectivity index (χ0v) is 39.9. The molecule has 0 spiro atoms. The molecule has 320 valence electrons. The third-order valence-corrected chi connectivity index (χ3v) is 14.8. The highest BCUT2D eigenvalue weighted by molar-refractivity contribution is 6.43. The predicted octanol–water partition coefficient (Wildman–Crippen LogP) is 16.0. The summed E-state index contributed by atoms with van der Waals surface area (Å²) in [6.45, 7) is 0. The molecule has 3 nitrogen and oxygen atoms in total. The van der Waals surface area contributed by atoms with Gasteiger partial charge >= 0.3 is 0 Å². The Morgan fingerprint density at radius 1 is 0.328 bits per heavy atom.